The number of halogens is 1. The molecule has 2 aliphatic rings. The standard InChI is InChI=1S/C16H25FN4/c1-3-14-11-21(9-8-20(14)2)16-15(17)12(6-7-18-16)10-19-13-4-5-13/h6-7,13-14,19H,3-5,8-11H2,1-2H3. The minimum Gasteiger partial charge on any atom is -0.351 e. The average molecular weight is 292 g/mol. The van der Waals surface area contributed by atoms with Crippen LogP contribution < -0.4 is 10.2 Å². The van der Waals surface area contributed by atoms with Gasteiger partial charge in [0.15, 0.2) is 11.6 Å². The highest BCUT2D eigenvalue weighted by Gasteiger charge is 2.26. The van der Waals surface area contributed by atoms with E-state index in [-0.39, 0.29) is 5.82 Å². The van der Waals surface area contributed by atoms with Gasteiger partial charge < -0.3 is 10.2 Å². The van der Waals surface area contributed by atoms with Crippen molar-refractivity contribution in [3.8, 4) is 0 Å². The monoisotopic (exact) mass is 292 g/mol. The highest BCUT2D eigenvalue weighted by molar-refractivity contribution is 5.44. The normalized spacial score (nSPS) is 23.6. The zero-order valence-electron chi connectivity index (χ0n) is 13.0. The lowest BCUT2D eigenvalue weighted by Crippen LogP contribution is -2.51. The van der Waals surface area contributed by atoms with Gasteiger partial charge >= 0.3 is 0 Å². The molecule has 4 nitrogen and oxygen atoms in total. The summed E-state index contributed by atoms with van der Waals surface area (Å²) in [7, 11) is 2.14. The minimum atomic E-state index is -0.148. The average Bonchev–Trinajstić information content (AvgIpc) is 3.31. The van der Waals surface area contributed by atoms with E-state index in [9.17, 15) is 4.39 Å². The van der Waals surface area contributed by atoms with E-state index in [0.29, 0.717) is 24.4 Å². The fourth-order valence-corrected chi connectivity index (χ4v) is 2.95. The van der Waals surface area contributed by atoms with Crippen molar-refractivity contribution in [1.82, 2.24) is 15.2 Å². The molecule has 1 saturated carbocycles. The van der Waals surface area contributed by atoms with Crippen molar-refractivity contribution in [2.24, 2.45) is 0 Å². The maximum atomic E-state index is 14.7. The first-order valence-electron chi connectivity index (χ1n) is 8.01. The first-order chi connectivity index (χ1) is 10.2. The molecule has 2 fully saturated rings. The summed E-state index contributed by atoms with van der Waals surface area (Å²) in [6, 6.07) is 2.86. The minimum absolute atomic E-state index is 0.148. The van der Waals surface area contributed by atoms with Crippen molar-refractivity contribution in [2.45, 2.75) is 44.8 Å². The topological polar surface area (TPSA) is 31.4 Å². The molecule has 0 radical (unpaired) electrons. The quantitative estimate of drug-likeness (QED) is 0.899. The van der Waals surface area contributed by atoms with E-state index in [4.69, 9.17) is 0 Å². The number of nitrogens with zero attached hydrogens (tertiary/aromatic N) is 3. The predicted octanol–water partition coefficient (Wildman–Crippen LogP) is 2.00. The van der Waals surface area contributed by atoms with E-state index in [1.165, 1.54) is 12.8 Å². The summed E-state index contributed by atoms with van der Waals surface area (Å²) in [6.07, 6.45) is 5.26. The van der Waals surface area contributed by atoms with Gasteiger partial charge in [0, 0.05) is 50.0 Å². The van der Waals surface area contributed by atoms with Gasteiger partial charge in [-0.3, -0.25) is 4.90 Å². The van der Waals surface area contributed by atoms with Crippen molar-refractivity contribution in [3.63, 3.8) is 0 Å². The Bertz CT molecular complexity index is 489. The number of pyridine rings is 1. The van der Waals surface area contributed by atoms with E-state index in [0.717, 1.165) is 31.6 Å². The molecule has 1 atom stereocenters. The van der Waals surface area contributed by atoms with Gasteiger partial charge in [-0.25, -0.2) is 9.37 Å². The fraction of sp³-hybridized carbons (Fsp3) is 0.688. The number of aromatic nitrogens is 1. The molecule has 1 saturated heterocycles. The van der Waals surface area contributed by atoms with Crippen molar-refractivity contribution in [2.75, 3.05) is 31.6 Å². The number of anilines is 1. The van der Waals surface area contributed by atoms with E-state index in [2.05, 4.69) is 34.1 Å². The van der Waals surface area contributed by atoms with Gasteiger partial charge in [-0.2, -0.15) is 0 Å². The van der Waals surface area contributed by atoms with E-state index in [1.807, 2.05) is 0 Å². The second-order valence-electron chi connectivity index (χ2n) is 6.25. The Hall–Kier alpha value is -1.20. The lowest BCUT2D eigenvalue weighted by Gasteiger charge is -2.39. The molecule has 116 valence electrons. The maximum absolute atomic E-state index is 14.7. The third kappa shape index (κ3) is 3.35. The number of nitrogens with one attached hydrogen (secondary N) is 1. The van der Waals surface area contributed by atoms with E-state index in [1.54, 1.807) is 12.3 Å². The van der Waals surface area contributed by atoms with Crippen LogP contribution in [-0.4, -0.2) is 48.6 Å². The second kappa shape index (κ2) is 6.28. The Balaban J connectivity index is 1.73. The maximum Gasteiger partial charge on any atom is 0.170 e. The molecule has 1 aliphatic heterocycles. The predicted molar refractivity (Wildman–Crippen MR) is 83.0 cm³/mol. The zero-order valence-corrected chi connectivity index (χ0v) is 13.0. The third-order valence-corrected chi connectivity index (χ3v) is 4.66. The lowest BCUT2D eigenvalue weighted by atomic mass is 10.1. The molecule has 1 aliphatic carbocycles. The molecule has 3 rings (SSSR count). The SMILES string of the molecule is CCC1CN(c2nccc(CNC3CC3)c2F)CCN1C. The molecule has 1 N–H and O–H groups in total. The molecule has 1 unspecified atom stereocenters. The molecular formula is C16H25FN4. The summed E-state index contributed by atoms with van der Waals surface area (Å²) in [5, 5.41) is 3.38. The Morgan fingerprint density at radius 3 is 2.90 bits per heavy atom. The van der Waals surface area contributed by atoms with Crippen LogP contribution in [0.5, 0.6) is 0 Å². The second-order valence-corrected chi connectivity index (χ2v) is 6.25. The Morgan fingerprint density at radius 1 is 1.38 bits per heavy atom. The molecule has 0 spiro atoms. The fourth-order valence-electron chi connectivity index (χ4n) is 2.95. The number of hydrogen-bond acceptors (Lipinski definition) is 4. The van der Waals surface area contributed by atoms with E-state index >= 15 is 0 Å². The largest absolute Gasteiger partial charge is 0.351 e. The van der Waals surface area contributed by atoms with Crippen LogP contribution in [-0.2, 0) is 6.54 Å². The molecule has 21 heavy (non-hydrogen) atoms. The Kier molecular flexibility index (Phi) is 4.40. The van der Waals surface area contributed by atoms with Crippen LogP contribution in [0.25, 0.3) is 0 Å². The highest BCUT2D eigenvalue weighted by Crippen LogP contribution is 2.24. The van der Waals surface area contributed by atoms with Crippen LogP contribution in [0.2, 0.25) is 0 Å². The summed E-state index contributed by atoms with van der Waals surface area (Å²) in [5.74, 6) is 0.377. The van der Waals surface area contributed by atoms with Crippen LogP contribution in [0.4, 0.5) is 10.2 Å². The van der Waals surface area contributed by atoms with Gasteiger partial charge in [0.05, 0.1) is 0 Å². The van der Waals surface area contributed by atoms with Crippen LogP contribution in [0, 0.1) is 5.82 Å². The van der Waals surface area contributed by atoms with Crippen LogP contribution in [0.3, 0.4) is 0 Å². The number of rotatable bonds is 5. The van der Waals surface area contributed by atoms with Crippen molar-refractivity contribution >= 4 is 5.82 Å². The summed E-state index contributed by atoms with van der Waals surface area (Å²) in [5.41, 5.74) is 0.735. The summed E-state index contributed by atoms with van der Waals surface area (Å²) < 4.78 is 14.7. The summed E-state index contributed by atoms with van der Waals surface area (Å²) >= 11 is 0. The number of piperazine rings is 1. The molecule has 0 aromatic carbocycles. The first-order valence-corrected chi connectivity index (χ1v) is 8.01. The van der Waals surface area contributed by atoms with Crippen molar-refractivity contribution in [1.29, 1.82) is 0 Å². The molecule has 1 aromatic rings. The van der Waals surface area contributed by atoms with Crippen LogP contribution >= 0.6 is 0 Å². The lowest BCUT2D eigenvalue weighted by molar-refractivity contribution is 0.212. The Morgan fingerprint density at radius 2 is 2.19 bits per heavy atom. The molecular weight excluding hydrogens is 267 g/mol. The van der Waals surface area contributed by atoms with Crippen LogP contribution in [0.1, 0.15) is 31.7 Å². The third-order valence-electron chi connectivity index (χ3n) is 4.66. The van der Waals surface area contributed by atoms with Gasteiger partial charge in [-0.15, -0.1) is 0 Å². The molecule has 0 bridgehead atoms. The van der Waals surface area contributed by atoms with Crippen LogP contribution in [0.15, 0.2) is 12.3 Å². The highest BCUT2D eigenvalue weighted by atomic mass is 19.1. The Labute approximate surface area is 126 Å². The van der Waals surface area contributed by atoms with Crippen molar-refractivity contribution in [3.05, 3.63) is 23.6 Å². The van der Waals surface area contributed by atoms with Gasteiger partial charge in [-0.05, 0) is 32.4 Å². The number of likely N-dealkylation sites (N-methyl/N-ethyl adjacent to an activating group) is 1. The summed E-state index contributed by atoms with van der Waals surface area (Å²) in [6.45, 7) is 5.46. The summed E-state index contributed by atoms with van der Waals surface area (Å²) in [4.78, 5) is 8.76. The van der Waals surface area contributed by atoms with E-state index < -0.39 is 0 Å². The van der Waals surface area contributed by atoms with Gasteiger partial charge in [0.25, 0.3) is 0 Å². The molecule has 5 heteroatoms. The van der Waals surface area contributed by atoms with Gasteiger partial charge in [-0.1, -0.05) is 6.92 Å². The molecule has 1 aromatic heterocycles. The molecule has 0 amide bonds. The van der Waals surface area contributed by atoms with Crippen molar-refractivity contribution < 1.29 is 4.39 Å². The number of hydrogen-bond donors (Lipinski definition) is 1. The zero-order chi connectivity index (χ0) is 14.8. The van der Waals surface area contributed by atoms with Gasteiger partial charge in [0.1, 0.15) is 0 Å². The van der Waals surface area contributed by atoms with Gasteiger partial charge in [0.2, 0.25) is 0 Å². The smallest absolute Gasteiger partial charge is 0.170 e. The molecule has 2 heterocycles. The first kappa shape index (κ1) is 14.7.